The van der Waals surface area contributed by atoms with E-state index in [1.54, 1.807) is 31.4 Å². The highest BCUT2D eigenvalue weighted by Crippen LogP contribution is 2.36. The zero-order valence-corrected chi connectivity index (χ0v) is 15.4. The standard InChI is InChI=1S/C21H23N3O3/c1-27-18-9-7-16(8-10-18)19(25)23-13-11-21(12-14-23)20(26)22-15-24(21)17-5-3-2-4-6-17/h2-10H,11-15H2,1H3,(H,22,26). The first-order valence-electron chi connectivity index (χ1n) is 9.18. The molecule has 0 bridgehead atoms. The lowest BCUT2D eigenvalue weighted by Gasteiger charge is -2.43. The molecular formula is C21H23N3O3. The summed E-state index contributed by atoms with van der Waals surface area (Å²) in [7, 11) is 1.60. The van der Waals surface area contributed by atoms with Crippen molar-refractivity contribution in [3.05, 3.63) is 60.2 Å². The van der Waals surface area contributed by atoms with Gasteiger partial charge in [0.2, 0.25) is 5.91 Å². The lowest BCUT2D eigenvalue weighted by molar-refractivity contribution is -0.124. The second-order valence-electron chi connectivity index (χ2n) is 6.98. The maximum atomic E-state index is 12.8. The quantitative estimate of drug-likeness (QED) is 0.906. The molecule has 2 amide bonds. The molecule has 2 fully saturated rings. The summed E-state index contributed by atoms with van der Waals surface area (Å²) in [6, 6.07) is 17.1. The number of hydrogen-bond donors (Lipinski definition) is 1. The molecule has 4 rings (SSSR count). The smallest absolute Gasteiger partial charge is 0.253 e. The Morgan fingerprint density at radius 1 is 1.04 bits per heavy atom. The van der Waals surface area contributed by atoms with Gasteiger partial charge in [0.1, 0.15) is 11.3 Å². The first-order valence-corrected chi connectivity index (χ1v) is 9.18. The third kappa shape index (κ3) is 3.01. The Labute approximate surface area is 158 Å². The van der Waals surface area contributed by atoms with Crippen LogP contribution in [0.15, 0.2) is 54.6 Å². The molecule has 2 saturated heterocycles. The molecule has 2 heterocycles. The summed E-state index contributed by atoms with van der Waals surface area (Å²) in [5.41, 5.74) is 1.10. The molecular weight excluding hydrogens is 342 g/mol. The number of nitrogens with zero attached hydrogens (tertiary/aromatic N) is 2. The minimum Gasteiger partial charge on any atom is -0.497 e. The molecule has 6 heteroatoms. The minimum atomic E-state index is -0.571. The van der Waals surface area contributed by atoms with Crippen LogP contribution in [0.25, 0.3) is 0 Å². The van der Waals surface area contributed by atoms with Crippen molar-refractivity contribution < 1.29 is 14.3 Å². The maximum absolute atomic E-state index is 12.8. The van der Waals surface area contributed by atoms with Crippen molar-refractivity contribution in [1.29, 1.82) is 0 Å². The number of amides is 2. The number of nitrogens with one attached hydrogen (secondary N) is 1. The van der Waals surface area contributed by atoms with Gasteiger partial charge in [-0.2, -0.15) is 0 Å². The van der Waals surface area contributed by atoms with E-state index in [9.17, 15) is 9.59 Å². The van der Waals surface area contributed by atoms with E-state index in [-0.39, 0.29) is 11.8 Å². The molecule has 2 aromatic rings. The fourth-order valence-corrected chi connectivity index (χ4v) is 4.03. The second-order valence-corrected chi connectivity index (χ2v) is 6.98. The Morgan fingerprint density at radius 2 is 1.70 bits per heavy atom. The normalized spacial score (nSPS) is 18.5. The van der Waals surface area contributed by atoms with Gasteiger partial charge in [0.25, 0.3) is 5.91 Å². The van der Waals surface area contributed by atoms with Crippen LogP contribution in [0, 0.1) is 0 Å². The van der Waals surface area contributed by atoms with Gasteiger partial charge in [-0.1, -0.05) is 18.2 Å². The Hall–Kier alpha value is -3.02. The molecule has 0 atom stereocenters. The van der Waals surface area contributed by atoms with E-state index in [1.807, 2.05) is 35.2 Å². The van der Waals surface area contributed by atoms with Crippen molar-refractivity contribution in [2.45, 2.75) is 18.4 Å². The molecule has 140 valence electrons. The largest absolute Gasteiger partial charge is 0.497 e. The number of methoxy groups -OCH3 is 1. The summed E-state index contributed by atoms with van der Waals surface area (Å²) >= 11 is 0. The number of anilines is 1. The van der Waals surface area contributed by atoms with Crippen LogP contribution in [0.5, 0.6) is 5.75 Å². The van der Waals surface area contributed by atoms with Gasteiger partial charge in [0.15, 0.2) is 0 Å². The summed E-state index contributed by atoms with van der Waals surface area (Å²) < 4.78 is 5.15. The van der Waals surface area contributed by atoms with Crippen molar-refractivity contribution >= 4 is 17.5 Å². The van der Waals surface area contributed by atoms with Crippen LogP contribution in [0.3, 0.4) is 0 Å². The monoisotopic (exact) mass is 365 g/mol. The molecule has 6 nitrogen and oxygen atoms in total. The predicted octanol–water partition coefficient (Wildman–Crippen LogP) is 2.26. The van der Waals surface area contributed by atoms with Gasteiger partial charge in [-0.15, -0.1) is 0 Å². The van der Waals surface area contributed by atoms with Gasteiger partial charge in [0.05, 0.1) is 13.8 Å². The highest BCUT2D eigenvalue weighted by Gasteiger charge is 2.50. The number of benzene rings is 2. The van der Waals surface area contributed by atoms with Crippen LogP contribution < -0.4 is 15.0 Å². The highest BCUT2D eigenvalue weighted by molar-refractivity contribution is 5.96. The van der Waals surface area contributed by atoms with Crippen LogP contribution >= 0.6 is 0 Å². The van der Waals surface area contributed by atoms with Crippen LogP contribution in [0.4, 0.5) is 5.69 Å². The maximum Gasteiger partial charge on any atom is 0.253 e. The van der Waals surface area contributed by atoms with Crippen molar-refractivity contribution in [3.8, 4) is 5.75 Å². The summed E-state index contributed by atoms with van der Waals surface area (Å²) in [6.45, 7) is 1.62. The molecule has 0 aliphatic carbocycles. The number of rotatable bonds is 3. The third-order valence-corrected chi connectivity index (χ3v) is 5.62. The van der Waals surface area contributed by atoms with Gasteiger partial charge < -0.3 is 19.9 Å². The second kappa shape index (κ2) is 6.95. The first-order chi connectivity index (χ1) is 13.1. The van der Waals surface area contributed by atoms with E-state index in [0.717, 1.165) is 11.4 Å². The number of ether oxygens (including phenoxy) is 1. The van der Waals surface area contributed by atoms with Crippen LogP contribution in [-0.4, -0.2) is 49.1 Å². The van der Waals surface area contributed by atoms with E-state index in [1.165, 1.54) is 0 Å². The zero-order chi connectivity index (χ0) is 18.9. The Balaban J connectivity index is 1.50. The van der Waals surface area contributed by atoms with Gasteiger partial charge in [-0.3, -0.25) is 9.59 Å². The lowest BCUT2D eigenvalue weighted by atomic mass is 9.85. The van der Waals surface area contributed by atoms with Crippen molar-refractivity contribution in [3.63, 3.8) is 0 Å². The van der Waals surface area contributed by atoms with Gasteiger partial charge >= 0.3 is 0 Å². The molecule has 1 spiro atoms. The van der Waals surface area contributed by atoms with E-state index >= 15 is 0 Å². The van der Waals surface area contributed by atoms with Crippen LogP contribution in [0.1, 0.15) is 23.2 Å². The summed E-state index contributed by atoms with van der Waals surface area (Å²) in [5.74, 6) is 0.783. The average molecular weight is 365 g/mol. The number of para-hydroxylation sites is 1. The van der Waals surface area contributed by atoms with E-state index in [4.69, 9.17) is 4.74 Å². The summed E-state index contributed by atoms with van der Waals surface area (Å²) in [4.78, 5) is 29.5. The van der Waals surface area contributed by atoms with Gasteiger partial charge in [-0.25, -0.2) is 0 Å². The average Bonchev–Trinajstić information content (AvgIpc) is 3.04. The molecule has 2 aliphatic rings. The van der Waals surface area contributed by atoms with Crippen LogP contribution in [-0.2, 0) is 4.79 Å². The molecule has 0 saturated carbocycles. The SMILES string of the molecule is COc1ccc(C(=O)N2CCC3(CC2)C(=O)NCN3c2ccccc2)cc1. The molecule has 2 aromatic carbocycles. The number of hydrogen-bond acceptors (Lipinski definition) is 4. The summed E-state index contributed by atoms with van der Waals surface area (Å²) in [5, 5.41) is 2.99. The highest BCUT2D eigenvalue weighted by atomic mass is 16.5. The van der Waals surface area contributed by atoms with Crippen molar-refractivity contribution in [1.82, 2.24) is 10.2 Å². The molecule has 0 aromatic heterocycles. The number of carbonyl (C=O) groups excluding carboxylic acids is 2. The Bertz CT molecular complexity index is 828. The van der Waals surface area contributed by atoms with Gasteiger partial charge in [-0.05, 0) is 49.2 Å². The third-order valence-electron chi connectivity index (χ3n) is 5.62. The first kappa shape index (κ1) is 17.4. The van der Waals surface area contributed by atoms with Crippen molar-refractivity contribution in [2.75, 3.05) is 31.8 Å². The zero-order valence-electron chi connectivity index (χ0n) is 15.4. The molecule has 0 unspecified atom stereocenters. The van der Waals surface area contributed by atoms with E-state index < -0.39 is 5.54 Å². The number of likely N-dealkylation sites (tertiary alicyclic amines) is 1. The predicted molar refractivity (Wildman–Crippen MR) is 103 cm³/mol. The Morgan fingerprint density at radius 3 is 2.33 bits per heavy atom. The summed E-state index contributed by atoms with van der Waals surface area (Å²) in [6.07, 6.45) is 1.24. The lowest BCUT2D eigenvalue weighted by Crippen LogP contribution is -2.57. The fourth-order valence-electron chi connectivity index (χ4n) is 4.03. The molecule has 1 N–H and O–H groups in total. The number of carbonyl (C=O) groups is 2. The topological polar surface area (TPSA) is 61.9 Å². The fraction of sp³-hybridized carbons (Fsp3) is 0.333. The molecule has 27 heavy (non-hydrogen) atoms. The van der Waals surface area contributed by atoms with Crippen molar-refractivity contribution in [2.24, 2.45) is 0 Å². The Kier molecular flexibility index (Phi) is 4.48. The van der Waals surface area contributed by atoms with E-state index in [0.29, 0.717) is 38.2 Å². The molecule has 0 radical (unpaired) electrons. The van der Waals surface area contributed by atoms with Gasteiger partial charge in [0, 0.05) is 24.3 Å². The molecule has 2 aliphatic heterocycles. The van der Waals surface area contributed by atoms with Crippen LogP contribution in [0.2, 0.25) is 0 Å². The van der Waals surface area contributed by atoms with E-state index in [2.05, 4.69) is 10.2 Å². The number of piperidine rings is 1. The minimum absolute atomic E-state index is 0.00262.